The minimum atomic E-state index is -0.0723. The Labute approximate surface area is 120 Å². The van der Waals surface area contributed by atoms with E-state index in [4.69, 9.17) is 12.2 Å². The Morgan fingerprint density at radius 2 is 1.89 bits per heavy atom. The van der Waals surface area contributed by atoms with E-state index in [1.807, 2.05) is 36.2 Å². The summed E-state index contributed by atoms with van der Waals surface area (Å²) in [5.74, 6) is -0.0723. The van der Waals surface area contributed by atoms with Crippen LogP contribution in [0.2, 0.25) is 0 Å². The van der Waals surface area contributed by atoms with Gasteiger partial charge in [0.2, 0.25) is 0 Å². The van der Waals surface area contributed by atoms with Gasteiger partial charge in [-0.3, -0.25) is 4.79 Å². The van der Waals surface area contributed by atoms with Crippen molar-refractivity contribution in [2.75, 3.05) is 14.1 Å². The fraction of sp³-hybridized carbons (Fsp3) is 0.429. The zero-order valence-electron chi connectivity index (χ0n) is 11.9. The molecule has 2 N–H and O–H groups in total. The van der Waals surface area contributed by atoms with Crippen LogP contribution in [0.25, 0.3) is 0 Å². The molecule has 19 heavy (non-hydrogen) atoms. The van der Waals surface area contributed by atoms with Crippen molar-refractivity contribution in [3.63, 3.8) is 0 Å². The topological polar surface area (TPSA) is 44.4 Å². The number of carbonyl (C=O) groups excluding carboxylic acids is 1. The summed E-state index contributed by atoms with van der Waals surface area (Å²) < 4.78 is 0. The number of amides is 1. The number of thiocarbonyl (C=S) groups is 1. The molecule has 1 aromatic rings. The molecule has 0 heterocycles. The van der Waals surface area contributed by atoms with Crippen molar-refractivity contribution in [1.29, 1.82) is 0 Å². The molecule has 0 bridgehead atoms. The first kappa shape index (κ1) is 15.4. The van der Waals surface area contributed by atoms with Crippen LogP contribution < -0.4 is 10.6 Å². The van der Waals surface area contributed by atoms with Crippen LogP contribution in [-0.2, 0) is 6.54 Å². The van der Waals surface area contributed by atoms with Crippen LogP contribution in [-0.4, -0.2) is 36.1 Å². The quantitative estimate of drug-likeness (QED) is 0.824. The van der Waals surface area contributed by atoms with E-state index in [1.54, 1.807) is 7.05 Å². The van der Waals surface area contributed by atoms with Gasteiger partial charge in [0.1, 0.15) is 0 Å². The molecule has 1 amide bonds. The molecule has 0 atom stereocenters. The predicted octanol–water partition coefficient (Wildman–Crippen LogP) is 1.76. The molecule has 0 spiro atoms. The van der Waals surface area contributed by atoms with Gasteiger partial charge in [0.25, 0.3) is 5.91 Å². The van der Waals surface area contributed by atoms with E-state index in [0.29, 0.717) is 18.2 Å². The predicted molar refractivity (Wildman–Crippen MR) is 82.2 cm³/mol. The lowest BCUT2D eigenvalue weighted by atomic mass is 10.1. The summed E-state index contributed by atoms with van der Waals surface area (Å²) in [6, 6.07) is 7.85. The molecule has 0 aliphatic rings. The number of nitrogens with zero attached hydrogens (tertiary/aromatic N) is 1. The molecule has 0 unspecified atom stereocenters. The number of carbonyl (C=O) groups is 1. The van der Waals surface area contributed by atoms with Crippen molar-refractivity contribution in [3.05, 3.63) is 35.4 Å². The van der Waals surface area contributed by atoms with Gasteiger partial charge >= 0.3 is 0 Å². The smallest absolute Gasteiger partial charge is 0.251 e. The zero-order chi connectivity index (χ0) is 14.4. The van der Waals surface area contributed by atoms with Gasteiger partial charge < -0.3 is 15.5 Å². The first-order chi connectivity index (χ1) is 8.93. The van der Waals surface area contributed by atoms with Crippen LogP contribution in [0.3, 0.4) is 0 Å². The average molecular weight is 279 g/mol. The zero-order valence-corrected chi connectivity index (χ0v) is 12.7. The summed E-state index contributed by atoms with van der Waals surface area (Å²) in [6.45, 7) is 4.82. The van der Waals surface area contributed by atoms with Crippen LogP contribution in [0.15, 0.2) is 24.3 Å². The lowest BCUT2D eigenvalue weighted by Gasteiger charge is -2.22. The molecule has 5 heteroatoms. The summed E-state index contributed by atoms with van der Waals surface area (Å²) in [4.78, 5) is 13.4. The number of rotatable bonds is 4. The van der Waals surface area contributed by atoms with E-state index in [2.05, 4.69) is 24.5 Å². The van der Waals surface area contributed by atoms with Crippen molar-refractivity contribution in [2.24, 2.45) is 0 Å². The maximum Gasteiger partial charge on any atom is 0.251 e. The lowest BCUT2D eigenvalue weighted by Crippen LogP contribution is -2.40. The molecular formula is C14H21N3OS. The Morgan fingerprint density at radius 3 is 2.37 bits per heavy atom. The molecule has 1 rings (SSSR count). The van der Waals surface area contributed by atoms with Gasteiger partial charge in [-0.25, -0.2) is 0 Å². The molecule has 0 saturated carbocycles. The second kappa shape index (κ2) is 7.09. The molecule has 0 radical (unpaired) electrons. The Hall–Kier alpha value is -1.62. The standard InChI is InChI=1S/C14H21N3OS/c1-10(2)16-14(19)17(4)9-11-5-7-12(8-6-11)13(18)15-3/h5-8,10H,9H2,1-4H3,(H,15,18)(H,16,19). The van der Waals surface area contributed by atoms with Gasteiger partial charge in [-0.2, -0.15) is 0 Å². The highest BCUT2D eigenvalue weighted by molar-refractivity contribution is 7.80. The monoisotopic (exact) mass is 279 g/mol. The van der Waals surface area contributed by atoms with Crippen LogP contribution in [0.4, 0.5) is 0 Å². The molecule has 0 aromatic heterocycles. The van der Waals surface area contributed by atoms with Crippen molar-refractivity contribution in [2.45, 2.75) is 26.4 Å². The highest BCUT2D eigenvalue weighted by Crippen LogP contribution is 2.07. The Morgan fingerprint density at radius 1 is 1.32 bits per heavy atom. The third-order valence-corrected chi connectivity index (χ3v) is 3.05. The summed E-state index contributed by atoms with van der Waals surface area (Å²) >= 11 is 5.29. The highest BCUT2D eigenvalue weighted by atomic mass is 32.1. The summed E-state index contributed by atoms with van der Waals surface area (Å²) in [7, 11) is 3.57. The SMILES string of the molecule is CNC(=O)c1ccc(CN(C)C(=S)NC(C)C)cc1. The van der Waals surface area contributed by atoms with Crippen LogP contribution >= 0.6 is 12.2 Å². The minimum absolute atomic E-state index is 0.0723. The molecule has 0 fully saturated rings. The molecule has 0 saturated heterocycles. The second-order valence-corrected chi connectivity index (χ2v) is 5.12. The molecular weight excluding hydrogens is 258 g/mol. The Balaban J connectivity index is 2.62. The summed E-state index contributed by atoms with van der Waals surface area (Å²) in [5.41, 5.74) is 1.78. The van der Waals surface area contributed by atoms with Crippen molar-refractivity contribution in [1.82, 2.24) is 15.5 Å². The van der Waals surface area contributed by atoms with Gasteiger partial charge in [-0.05, 0) is 43.8 Å². The highest BCUT2D eigenvalue weighted by Gasteiger charge is 2.07. The lowest BCUT2D eigenvalue weighted by molar-refractivity contribution is 0.0963. The maximum atomic E-state index is 11.4. The number of nitrogens with one attached hydrogen (secondary N) is 2. The normalized spacial score (nSPS) is 10.2. The van der Waals surface area contributed by atoms with Crippen LogP contribution in [0.1, 0.15) is 29.8 Å². The molecule has 104 valence electrons. The fourth-order valence-electron chi connectivity index (χ4n) is 1.61. The van der Waals surface area contributed by atoms with Gasteiger partial charge in [-0.1, -0.05) is 12.1 Å². The molecule has 0 aliphatic heterocycles. The van der Waals surface area contributed by atoms with E-state index >= 15 is 0 Å². The van der Waals surface area contributed by atoms with Gasteiger partial charge in [0, 0.05) is 32.2 Å². The van der Waals surface area contributed by atoms with Crippen molar-refractivity contribution < 1.29 is 4.79 Å². The first-order valence-electron chi connectivity index (χ1n) is 6.26. The summed E-state index contributed by atoms with van der Waals surface area (Å²) in [5, 5.41) is 6.52. The van der Waals surface area contributed by atoms with E-state index in [-0.39, 0.29) is 5.91 Å². The van der Waals surface area contributed by atoms with Crippen molar-refractivity contribution >= 4 is 23.2 Å². The van der Waals surface area contributed by atoms with E-state index in [9.17, 15) is 4.79 Å². The third kappa shape index (κ3) is 4.87. The number of benzene rings is 1. The largest absolute Gasteiger partial charge is 0.360 e. The first-order valence-corrected chi connectivity index (χ1v) is 6.67. The van der Waals surface area contributed by atoms with Crippen LogP contribution in [0, 0.1) is 0 Å². The van der Waals surface area contributed by atoms with E-state index < -0.39 is 0 Å². The Kier molecular flexibility index (Phi) is 5.76. The second-order valence-electron chi connectivity index (χ2n) is 4.74. The molecule has 0 aliphatic carbocycles. The Bertz CT molecular complexity index is 443. The fourth-order valence-corrected chi connectivity index (χ4v) is 1.91. The van der Waals surface area contributed by atoms with Crippen LogP contribution in [0.5, 0.6) is 0 Å². The minimum Gasteiger partial charge on any atom is -0.360 e. The van der Waals surface area contributed by atoms with E-state index in [1.165, 1.54) is 0 Å². The molecule has 4 nitrogen and oxygen atoms in total. The average Bonchev–Trinajstić information content (AvgIpc) is 2.37. The van der Waals surface area contributed by atoms with E-state index in [0.717, 1.165) is 10.7 Å². The van der Waals surface area contributed by atoms with Gasteiger partial charge in [0.15, 0.2) is 5.11 Å². The number of hydrogen-bond donors (Lipinski definition) is 2. The number of hydrogen-bond acceptors (Lipinski definition) is 2. The molecule has 1 aromatic carbocycles. The van der Waals surface area contributed by atoms with Gasteiger partial charge in [0.05, 0.1) is 0 Å². The maximum absolute atomic E-state index is 11.4. The third-order valence-electron chi connectivity index (χ3n) is 2.62. The summed E-state index contributed by atoms with van der Waals surface area (Å²) in [6.07, 6.45) is 0. The van der Waals surface area contributed by atoms with Gasteiger partial charge in [-0.15, -0.1) is 0 Å². The van der Waals surface area contributed by atoms with Crippen molar-refractivity contribution in [3.8, 4) is 0 Å².